The van der Waals surface area contributed by atoms with Gasteiger partial charge in [0.15, 0.2) is 5.76 Å². The van der Waals surface area contributed by atoms with E-state index in [0.717, 1.165) is 49.1 Å². The number of quaternary nitrogens is 1. The number of nitrogens with zero attached hydrogens (tertiary/aromatic N) is 2. The molecule has 2 amide bonds. The summed E-state index contributed by atoms with van der Waals surface area (Å²) < 4.78 is 11.7. The maximum Gasteiger partial charge on any atom is 0.291 e. The van der Waals surface area contributed by atoms with Gasteiger partial charge in [-0.05, 0) is 49.1 Å². The number of benzene rings is 1. The van der Waals surface area contributed by atoms with E-state index >= 15 is 0 Å². The number of nitrogens with two attached hydrogens (primary N) is 1. The zero-order valence-corrected chi connectivity index (χ0v) is 22.4. The van der Waals surface area contributed by atoms with Gasteiger partial charge in [-0.1, -0.05) is 25.5 Å². The molecule has 0 saturated carbocycles. The minimum atomic E-state index is -0.420. The maximum absolute atomic E-state index is 13.0. The molecule has 4 rings (SSSR count). The van der Waals surface area contributed by atoms with Crippen LogP contribution in [0.3, 0.4) is 0 Å². The van der Waals surface area contributed by atoms with E-state index in [2.05, 4.69) is 31.3 Å². The van der Waals surface area contributed by atoms with Crippen molar-refractivity contribution in [2.24, 2.45) is 11.7 Å². The summed E-state index contributed by atoms with van der Waals surface area (Å²) in [5, 5.41) is 2.94. The molecule has 2 saturated heterocycles. The molecule has 0 aliphatic carbocycles. The minimum absolute atomic E-state index is 0.0864. The number of morpholine rings is 1. The highest BCUT2D eigenvalue weighted by atomic mass is 16.5. The summed E-state index contributed by atoms with van der Waals surface area (Å²) in [4.78, 5) is 27.3. The van der Waals surface area contributed by atoms with E-state index in [1.54, 1.807) is 12.1 Å². The van der Waals surface area contributed by atoms with Crippen LogP contribution in [0.4, 0.5) is 5.69 Å². The van der Waals surface area contributed by atoms with Gasteiger partial charge in [-0.25, -0.2) is 0 Å². The minimum Gasteiger partial charge on any atom is -0.459 e. The Bertz CT molecular complexity index is 1010. The van der Waals surface area contributed by atoms with Crippen LogP contribution < -0.4 is 11.1 Å². The van der Waals surface area contributed by atoms with Gasteiger partial charge in [0.2, 0.25) is 5.91 Å². The van der Waals surface area contributed by atoms with Gasteiger partial charge in [-0.2, -0.15) is 0 Å². The fourth-order valence-electron chi connectivity index (χ4n) is 5.93. The lowest BCUT2D eigenvalue weighted by Gasteiger charge is -2.49. The normalized spacial score (nSPS) is 23.9. The number of nitrogens with one attached hydrogen (secondary N) is 1. The summed E-state index contributed by atoms with van der Waals surface area (Å²) in [5.74, 6) is 0.376. The summed E-state index contributed by atoms with van der Waals surface area (Å²) in [6.07, 6.45) is 6.74. The van der Waals surface area contributed by atoms with Crippen LogP contribution in [0.2, 0.25) is 0 Å². The number of rotatable bonds is 10. The van der Waals surface area contributed by atoms with Crippen LogP contribution >= 0.6 is 0 Å². The van der Waals surface area contributed by atoms with Crippen LogP contribution in [0.25, 0.3) is 0 Å². The van der Waals surface area contributed by atoms with Gasteiger partial charge < -0.3 is 29.6 Å². The fraction of sp³-hybridized carbons (Fsp3) is 0.586. The second-order valence-corrected chi connectivity index (χ2v) is 10.7. The molecular formula is C29H43N4O4+. The van der Waals surface area contributed by atoms with Crippen LogP contribution in [0, 0.1) is 5.92 Å². The summed E-state index contributed by atoms with van der Waals surface area (Å²) in [6.45, 7) is 10.3. The molecular weight excluding hydrogens is 468 g/mol. The molecule has 2 fully saturated rings. The lowest BCUT2D eigenvalue weighted by atomic mass is 9.86. The molecule has 3 N–H and O–H groups in total. The van der Waals surface area contributed by atoms with E-state index < -0.39 is 6.04 Å². The number of hydrogen-bond donors (Lipinski definition) is 2. The molecule has 2 atom stereocenters. The zero-order chi connectivity index (χ0) is 26.3. The molecule has 3 heterocycles. The SMILES string of the molecule is CCCC[N+]1(C(C)Cc2cccc(NC(=O)c3ccco3)c2)CCC(C(N)C(=O)N2CCOCC2)CC1. The second kappa shape index (κ2) is 12.7. The molecule has 8 heteroatoms. The van der Waals surface area contributed by atoms with Gasteiger partial charge in [-0.3, -0.25) is 9.59 Å². The average Bonchev–Trinajstić information content (AvgIpc) is 3.47. The predicted octanol–water partition coefficient (Wildman–Crippen LogP) is 3.68. The number of hydrogen-bond acceptors (Lipinski definition) is 5. The van der Waals surface area contributed by atoms with E-state index in [-0.39, 0.29) is 17.7 Å². The molecule has 8 nitrogen and oxygen atoms in total. The van der Waals surface area contributed by atoms with Gasteiger partial charge in [0.05, 0.1) is 51.2 Å². The molecule has 2 aliphatic heterocycles. The molecule has 37 heavy (non-hydrogen) atoms. The number of furan rings is 1. The topological polar surface area (TPSA) is 97.8 Å². The third-order valence-electron chi connectivity index (χ3n) is 8.36. The van der Waals surface area contributed by atoms with E-state index in [1.807, 2.05) is 17.0 Å². The van der Waals surface area contributed by atoms with Crippen molar-refractivity contribution in [2.75, 3.05) is 51.3 Å². The van der Waals surface area contributed by atoms with Gasteiger partial charge in [0, 0.05) is 38.0 Å². The summed E-state index contributed by atoms with van der Waals surface area (Å²) in [6, 6.07) is 11.5. The highest BCUT2D eigenvalue weighted by molar-refractivity contribution is 6.02. The van der Waals surface area contributed by atoms with Crippen molar-refractivity contribution < 1.29 is 23.2 Å². The van der Waals surface area contributed by atoms with Crippen molar-refractivity contribution in [1.82, 2.24) is 4.90 Å². The Hall–Kier alpha value is -2.68. The highest BCUT2D eigenvalue weighted by Gasteiger charge is 2.41. The second-order valence-electron chi connectivity index (χ2n) is 10.7. The first kappa shape index (κ1) is 27.4. The van der Waals surface area contributed by atoms with Gasteiger partial charge in [0.25, 0.3) is 5.91 Å². The number of carbonyl (C=O) groups excluding carboxylic acids is 2. The lowest BCUT2D eigenvalue weighted by molar-refractivity contribution is -0.954. The van der Waals surface area contributed by atoms with Crippen LogP contribution in [0.15, 0.2) is 47.1 Å². The average molecular weight is 512 g/mol. The standard InChI is InChI=1S/C29H42N4O4/c1-3-4-14-33(15-10-24(11-16-33)27(30)29(35)32-12-18-36-19-13-32)22(2)20-23-7-5-8-25(21-23)31-28(34)26-9-6-17-37-26/h5-9,17,21-22,24,27H,3-4,10-16,18-20,30H2,1-2H3/p+1. The summed E-state index contributed by atoms with van der Waals surface area (Å²) in [5.41, 5.74) is 8.51. The third kappa shape index (κ3) is 6.80. The Morgan fingerprint density at radius 2 is 1.92 bits per heavy atom. The molecule has 0 bridgehead atoms. The number of amides is 2. The Labute approximate surface area is 220 Å². The zero-order valence-electron chi connectivity index (χ0n) is 22.4. The lowest BCUT2D eigenvalue weighted by Crippen LogP contribution is -2.61. The number of carbonyl (C=O) groups is 2. The number of likely N-dealkylation sites (tertiary alicyclic amines) is 1. The largest absolute Gasteiger partial charge is 0.459 e. The van der Waals surface area contributed by atoms with Gasteiger partial charge >= 0.3 is 0 Å². The van der Waals surface area contributed by atoms with E-state index in [0.29, 0.717) is 38.1 Å². The number of unbranched alkanes of at least 4 members (excludes halogenated alkanes) is 1. The van der Waals surface area contributed by atoms with E-state index in [4.69, 9.17) is 14.9 Å². The van der Waals surface area contributed by atoms with Gasteiger partial charge in [-0.15, -0.1) is 0 Å². The van der Waals surface area contributed by atoms with Crippen LogP contribution in [-0.2, 0) is 16.0 Å². The van der Waals surface area contributed by atoms with E-state index in [9.17, 15) is 9.59 Å². The molecule has 0 radical (unpaired) electrons. The first-order chi connectivity index (χ1) is 17.9. The monoisotopic (exact) mass is 511 g/mol. The first-order valence-electron chi connectivity index (χ1n) is 13.8. The quantitative estimate of drug-likeness (QED) is 0.475. The van der Waals surface area contributed by atoms with Crippen molar-refractivity contribution in [2.45, 2.75) is 58.0 Å². The van der Waals surface area contributed by atoms with Crippen molar-refractivity contribution in [1.29, 1.82) is 0 Å². The van der Waals surface area contributed by atoms with Crippen LogP contribution in [0.1, 0.15) is 55.6 Å². The molecule has 1 aromatic carbocycles. The van der Waals surface area contributed by atoms with E-state index in [1.165, 1.54) is 24.7 Å². The smallest absolute Gasteiger partial charge is 0.291 e. The summed E-state index contributed by atoms with van der Waals surface area (Å²) in [7, 11) is 0. The number of anilines is 1. The van der Waals surface area contributed by atoms with Crippen molar-refractivity contribution >= 4 is 17.5 Å². The maximum atomic E-state index is 13.0. The highest BCUT2D eigenvalue weighted by Crippen LogP contribution is 2.31. The molecule has 2 aromatic rings. The summed E-state index contributed by atoms with van der Waals surface area (Å²) >= 11 is 0. The first-order valence-corrected chi connectivity index (χ1v) is 13.8. The van der Waals surface area contributed by atoms with Crippen LogP contribution in [0.5, 0.6) is 0 Å². The molecule has 2 aliphatic rings. The Morgan fingerprint density at radius 3 is 2.59 bits per heavy atom. The number of piperidine rings is 1. The van der Waals surface area contributed by atoms with Crippen molar-refractivity contribution in [3.63, 3.8) is 0 Å². The van der Waals surface area contributed by atoms with Crippen LogP contribution in [-0.4, -0.2) is 79.2 Å². The van der Waals surface area contributed by atoms with Gasteiger partial charge in [0.1, 0.15) is 0 Å². The molecule has 1 aromatic heterocycles. The fourth-order valence-corrected chi connectivity index (χ4v) is 5.93. The Balaban J connectivity index is 1.38. The molecule has 0 spiro atoms. The van der Waals surface area contributed by atoms with Crippen molar-refractivity contribution in [3.8, 4) is 0 Å². The predicted molar refractivity (Wildman–Crippen MR) is 144 cm³/mol. The third-order valence-corrected chi connectivity index (χ3v) is 8.36. The Morgan fingerprint density at radius 1 is 1.16 bits per heavy atom. The van der Waals surface area contributed by atoms with Crippen molar-refractivity contribution in [3.05, 3.63) is 54.0 Å². The Kier molecular flexibility index (Phi) is 9.40. The number of ether oxygens (including phenoxy) is 1. The molecule has 202 valence electrons. The molecule has 2 unspecified atom stereocenters.